The van der Waals surface area contributed by atoms with Crippen LogP contribution in [0, 0.1) is 6.92 Å². The van der Waals surface area contributed by atoms with Gasteiger partial charge in [-0.25, -0.2) is 0 Å². The molecule has 1 atom stereocenters. The molecule has 1 N–H and O–H groups in total. The number of benzene rings is 2. The van der Waals surface area contributed by atoms with Crippen molar-refractivity contribution < 1.29 is 4.79 Å². The first-order valence-electron chi connectivity index (χ1n) is 9.21. The highest BCUT2D eigenvalue weighted by Crippen LogP contribution is 2.48. The van der Waals surface area contributed by atoms with Gasteiger partial charge in [0.2, 0.25) is 0 Å². The van der Waals surface area contributed by atoms with E-state index in [1.165, 1.54) is 23.8 Å². The van der Waals surface area contributed by atoms with Crippen LogP contribution in [0.15, 0.2) is 42.6 Å². The fraction of sp³-hybridized carbons (Fsp3) is 0.364. The van der Waals surface area contributed by atoms with Crippen molar-refractivity contribution in [2.24, 2.45) is 7.05 Å². The molecule has 4 rings (SSSR count). The largest absolute Gasteiger partial charge is 0.345 e. The van der Waals surface area contributed by atoms with Gasteiger partial charge in [0.1, 0.15) is 0 Å². The molecule has 1 heterocycles. The molecule has 0 bridgehead atoms. The highest BCUT2D eigenvalue weighted by molar-refractivity contribution is 5.98. The Hall–Kier alpha value is -2.62. The number of nitrogens with zero attached hydrogens (tertiary/aromatic N) is 2. The van der Waals surface area contributed by atoms with Crippen LogP contribution in [0.2, 0.25) is 0 Å². The smallest absolute Gasteiger partial charge is 0.251 e. The lowest BCUT2D eigenvalue weighted by Crippen LogP contribution is -2.26. The molecule has 26 heavy (non-hydrogen) atoms. The number of rotatable bonds is 4. The summed E-state index contributed by atoms with van der Waals surface area (Å²) in [6.45, 7) is 6.32. The summed E-state index contributed by atoms with van der Waals surface area (Å²) in [6.07, 6.45) is 4.36. The Morgan fingerprint density at radius 1 is 1.19 bits per heavy atom. The number of fused-ring (bicyclic) bond motifs is 1. The second-order valence-electron chi connectivity index (χ2n) is 7.84. The molecule has 0 radical (unpaired) electrons. The minimum absolute atomic E-state index is 0.0547. The third kappa shape index (κ3) is 2.90. The molecule has 0 spiro atoms. The second-order valence-corrected chi connectivity index (χ2v) is 7.84. The first-order chi connectivity index (χ1) is 12.4. The van der Waals surface area contributed by atoms with Crippen LogP contribution in [-0.2, 0) is 12.5 Å². The van der Waals surface area contributed by atoms with Crippen LogP contribution in [0.5, 0.6) is 0 Å². The number of carbonyl (C=O) groups is 1. The van der Waals surface area contributed by atoms with Gasteiger partial charge < -0.3 is 5.32 Å². The lowest BCUT2D eigenvalue weighted by Gasteiger charge is -2.15. The molecule has 1 saturated carbocycles. The van der Waals surface area contributed by atoms with Gasteiger partial charge in [-0.05, 0) is 60.6 Å². The van der Waals surface area contributed by atoms with E-state index in [1.807, 2.05) is 43.9 Å². The van der Waals surface area contributed by atoms with Gasteiger partial charge in [0, 0.05) is 23.9 Å². The molecule has 3 aromatic rings. The van der Waals surface area contributed by atoms with Crippen LogP contribution in [0.3, 0.4) is 0 Å². The van der Waals surface area contributed by atoms with Crippen molar-refractivity contribution in [2.45, 2.75) is 45.1 Å². The molecule has 1 amide bonds. The van der Waals surface area contributed by atoms with Gasteiger partial charge in [0.25, 0.3) is 5.91 Å². The summed E-state index contributed by atoms with van der Waals surface area (Å²) in [5.41, 5.74) is 4.57. The average Bonchev–Trinajstić information content (AvgIpc) is 3.30. The van der Waals surface area contributed by atoms with Crippen LogP contribution < -0.4 is 5.32 Å². The third-order valence-electron chi connectivity index (χ3n) is 5.89. The summed E-state index contributed by atoms with van der Waals surface area (Å²) in [6, 6.07) is 12.5. The Kier molecular flexibility index (Phi) is 3.87. The molecule has 1 fully saturated rings. The first-order valence-corrected chi connectivity index (χ1v) is 9.21. The summed E-state index contributed by atoms with van der Waals surface area (Å²) in [5, 5.41) is 9.65. The van der Waals surface area contributed by atoms with E-state index in [-0.39, 0.29) is 11.9 Å². The Balaban J connectivity index is 1.56. The van der Waals surface area contributed by atoms with Gasteiger partial charge in [-0.15, -0.1) is 0 Å². The molecule has 4 nitrogen and oxygen atoms in total. The van der Waals surface area contributed by atoms with Crippen molar-refractivity contribution in [1.82, 2.24) is 15.1 Å². The lowest BCUT2D eigenvalue weighted by atomic mass is 9.95. The van der Waals surface area contributed by atoms with Gasteiger partial charge in [-0.2, -0.15) is 5.10 Å². The Bertz CT molecular complexity index is 998. The van der Waals surface area contributed by atoms with Crippen LogP contribution in [0.4, 0.5) is 0 Å². The highest BCUT2D eigenvalue weighted by atomic mass is 16.1. The zero-order chi connectivity index (χ0) is 18.5. The number of hydrogen-bond donors (Lipinski definition) is 1. The van der Waals surface area contributed by atoms with Crippen molar-refractivity contribution in [1.29, 1.82) is 0 Å². The maximum absolute atomic E-state index is 12.7. The summed E-state index contributed by atoms with van der Waals surface area (Å²) >= 11 is 0. The number of hydrogen-bond acceptors (Lipinski definition) is 2. The van der Waals surface area contributed by atoms with Crippen molar-refractivity contribution in [3.8, 4) is 0 Å². The van der Waals surface area contributed by atoms with E-state index in [0.29, 0.717) is 11.0 Å². The Labute approximate surface area is 154 Å². The zero-order valence-corrected chi connectivity index (χ0v) is 15.8. The van der Waals surface area contributed by atoms with Crippen molar-refractivity contribution in [2.75, 3.05) is 0 Å². The van der Waals surface area contributed by atoms with E-state index >= 15 is 0 Å². The molecule has 1 aliphatic rings. The molecule has 4 heteroatoms. The summed E-state index contributed by atoms with van der Waals surface area (Å²) < 4.78 is 1.83. The van der Waals surface area contributed by atoms with Gasteiger partial charge in [0.05, 0.1) is 12.2 Å². The molecule has 1 aliphatic carbocycles. The fourth-order valence-electron chi connectivity index (χ4n) is 3.54. The molecule has 134 valence electrons. The SMILES string of the molecule is Cc1c([C@@H](C)NC(=O)c2ccc3cc(C4(C)CC4)ccc3c2)cnn1C. The topological polar surface area (TPSA) is 46.9 Å². The van der Waals surface area contributed by atoms with Crippen LogP contribution in [-0.4, -0.2) is 15.7 Å². The fourth-order valence-corrected chi connectivity index (χ4v) is 3.54. The number of aryl methyl sites for hydroxylation is 1. The zero-order valence-electron chi connectivity index (χ0n) is 15.8. The lowest BCUT2D eigenvalue weighted by molar-refractivity contribution is 0.0940. The van der Waals surface area contributed by atoms with Gasteiger partial charge in [-0.3, -0.25) is 9.48 Å². The first kappa shape index (κ1) is 16.8. The van der Waals surface area contributed by atoms with Gasteiger partial charge >= 0.3 is 0 Å². The Morgan fingerprint density at radius 3 is 2.54 bits per heavy atom. The Morgan fingerprint density at radius 2 is 1.88 bits per heavy atom. The minimum Gasteiger partial charge on any atom is -0.345 e. The van der Waals surface area contributed by atoms with Crippen molar-refractivity contribution in [3.05, 3.63) is 65.0 Å². The number of amides is 1. The molecule has 0 unspecified atom stereocenters. The van der Waals surface area contributed by atoms with Gasteiger partial charge in [0.15, 0.2) is 0 Å². The number of nitrogens with one attached hydrogen (secondary N) is 1. The predicted octanol–water partition coefficient (Wildman–Crippen LogP) is 4.42. The maximum atomic E-state index is 12.7. The second kappa shape index (κ2) is 5.97. The van der Waals surface area contributed by atoms with E-state index in [1.54, 1.807) is 0 Å². The van der Waals surface area contributed by atoms with E-state index in [4.69, 9.17) is 0 Å². The third-order valence-corrected chi connectivity index (χ3v) is 5.89. The van der Waals surface area contributed by atoms with E-state index in [2.05, 4.69) is 41.6 Å². The molecular weight excluding hydrogens is 322 g/mol. The standard InChI is InChI=1S/C22H25N3O/c1-14(20-13-23-25(4)15(20)2)24-21(26)18-6-5-17-12-19(22(3)9-10-22)8-7-16(17)11-18/h5-8,11-14H,9-10H2,1-4H3,(H,24,26)/t14-/m1/s1. The summed E-state index contributed by atoms with van der Waals surface area (Å²) in [7, 11) is 1.91. The molecular formula is C22H25N3O. The summed E-state index contributed by atoms with van der Waals surface area (Å²) in [5.74, 6) is -0.0547. The van der Waals surface area contributed by atoms with E-state index in [0.717, 1.165) is 16.6 Å². The van der Waals surface area contributed by atoms with E-state index < -0.39 is 0 Å². The summed E-state index contributed by atoms with van der Waals surface area (Å²) in [4.78, 5) is 12.7. The highest BCUT2D eigenvalue weighted by Gasteiger charge is 2.38. The van der Waals surface area contributed by atoms with Gasteiger partial charge in [-0.1, -0.05) is 31.2 Å². The quantitative estimate of drug-likeness (QED) is 0.759. The van der Waals surface area contributed by atoms with Crippen LogP contribution in [0.1, 0.15) is 59.9 Å². The maximum Gasteiger partial charge on any atom is 0.251 e. The molecule has 1 aromatic heterocycles. The minimum atomic E-state index is -0.0795. The normalized spacial score (nSPS) is 16.5. The number of aromatic nitrogens is 2. The monoisotopic (exact) mass is 347 g/mol. The van der Waals surface area contributed by atoms with Crippen molar-refractivity contribution >= 4 is 16.7 Å². The van der Waals surface area contributed by atoms with Crippen LogP contribution >= 0.6 is 0 Å². The predicted molar refractivity (Wildman–Crippen MR) is 104 cm³/mol. The van der Waals surface area contributed by atoms with Crippen LogP contribution in [0.25, 0.3) is 10.8 Å². The van der Waals surface area contributed by atoms with E-state index in [9.17, 15) is 4.79 Å². The molecule has 0 aliphatic heterocycles. The molecule has 2 aromatic carbocycles. The molecule has 0 saturated heterocycles. The van der Waals surface area contributed by atoms with Crippen molar-refractivity contribution in [3.63, 3.8) is 0 Å². The number of carbonyl (C=O) groups excluding carboxylic acids is 1. The average molecular weight is 347 g/mol.